The molecule has 17 heavy (non-hydrogen) atoms. The van der Waals surface area contributed by atoms with Gasteiger partial charge in [0.05, 0.1) is 0 Å². The molecule has 5 heteroatoms. The maximum atomic E-state index is 2.43. The second-order valence-electron chi connectivity index (χ2n) is 4.61. The fourth-order valence-corrected chi connectivity index (χ4v) is 7.37. The second-order valence-corrected chi connectivity index (χ2v) is 12.6. The first-order chi connectivity index (χ1) is 7.91. The zero-order valence-electron chi connectivity index (χ0n) is 11.6. The van der Waals surface area contributed by atoms with E-state index in [0.29, 0.717) is 0 Å². The van der Waals surface area contributed by atoms with E-state index in [0.717, 1.165) is 17.5 Å². The Morgan fingerprint density at radius 2 is 1.53 bits per heavy atom. The number of hydrogen-bond donors (Lipinski definition) is 0. The minimum absolute atomic E-state index is 0.785. The van der Waals surface area contributed by atoms with Gasteiger partial charge >= 0.3 is 114 Å². The van der Waals surface area contributed by atoms with E-state index in [1.54, 1.807) is 9.66 Å². The molecule has 0 radical (unpaired) electrons. The summed E-state index contributed by atoms with van der Waals surface area (Å²) in [7, 11) is 10.2. The summed E-state index contributed by atoms with van der Waals surface area (Å²) >= 11 is -0.801. The Morgan fingerprint density at radius 3 is 2.00 bits per heavy atom. The van der Waals surface area contributed by atoms with E-state index in [9.17, 15) is 0 Å². The van der Waals surface area contributed by atoms with E-state index in [4.69, 9.17) is 0 Å². The zero-order chi connectivity index (χ0) is 13.0. The summed E-state index contributed by atoms with van der Waals surface area (Å²) in [5.74, 6) is 0. The molecule has 1 aromatic rings. The molecule has 0 spiro atoms. The Hall–Kier alpha value is 0.558. The Balaban J connectivity index is 3.14. The van der Waals surface area contributed by atoms with Gasteiger partial charge in [-0.2, -0.15) is 0 Å². The van der Waals surface area contributed by atoms with Crippen LogP contribution >= 0.6 is 17.5 Å². The first kappa shape index (κ1) is 15.6. The van der Waals surface area contributed by atoms with Crippen molar-refractivity contribution in [2.24, 2.45) is 0 Å². The van der Waals surface area contributed by atoms with E-state index in [-0.39, 0.29) is 0 Å². The van der Waals surface area contributed by atoms with Crippen molar-refractivity contribution < 1.29 is 0 Å². The van der Waals surface area contributed by atoms with Crippen molar-refractivity contribution in [2.45, 2.75) is 11.4 Å². The number of nitrogens with zero attached hydrogens (tertiary/aromatic N) is 2. The number of hydrogen-bond acceptors (Lipinski definition) is 2. The van der Waals surface area contributed by atoms with Crippen LogP contribution in [0.1, 0.15) is 0 Å². The van der Waals surface area contributed by atoms with Crippen LogP contribution in [-0.4, -0.2) is 52.2 Å². The molecule has 2 atom stereocenters. The molecule has 0 aromatic heterocycles. The molecule has 1 aromatic carbocycles. The van der Waals surface area contributed by atoms with Crippen molar-refractivity contribution in [2.75, 3.05) is 28.2 Å². The van der Waals surface area contributed by atoms with Gasteiger partial charge in [0, 0.05) is 0 Å². The third kappa shape index (κ3) is 4.98. The fraction of sp³-hybridized carbons (Fsp3) is 0.500. The average Bonchev–Trinajstić information content (AvgIpc) is 2.18. The van der Waals surface area contributed by atoms with Crippen LogP contribution in [0.3, 0.4) is 0 Å². The van der Waals surface area contributed by atoms with Gasteiger partial charge in [-0.25, -0.2) is 0 Å². The SMILES string of the molecule is CN(C)Pc1cccc([As](C)C)c1PN(C)C. The summed E-state index contributed by atoms with van der Waals surface area (Å²) < 4.78 is 6.24. The summed E-state index contributed by atoms with van der Waals surface area (Å²) in [5, 5.41) is 3.14. The Labute approximate surface area is 114 Å². The van der Waals surface area contributed by atoms with Crippen molar-refractivity contribution in [3.8, 4) is 0 Å². The van der Waals surface area contributed by atoms with Gasteiger partial charge in [0.15, 0.2) is 0 Å². The van der Waals surface area contributed by atoms with Gasteiger partial charge in [-0.15, -0.1) is 0 Å². The van der Waals surface area contributed by atoms with Crippen molar-refractivity contribution in [3.63, 3.8) is 0 Å². The molecule has 0 N–H and O–H groups in total. The number of benzene rings is 1. The first-order valence-electron chi connectivity index (χ1n) is 5.60. The molecule has 0 amide bonds. The van der Waals surface area contributed by atoms with Gasteiger partial charge in [-0.1, -0.05) is 0 Å². The van der Waals surface area contributed by atoms with E-state index in [1.165, 1.54) is 5.30 Å². The topological polar surface area (TPSA) is 6.48 Å². The normalized spacial score (nSPS) is 13.2. The van der Waals surface area contributed by atoms with Crippen molar-refractivity contribution in [1.29, 1.82) is 0 Å². The van der Waals surface area contributed by atoms with E-state index >= 15 is 0 Å². The molecule has 0 saturated carbocycles. The molecule has 0 saturated heterocycles. The van der Waals surface area contributed by atoms with Gasteiger partial charge < -0.3 is 0 Å². The predicted octanol–water partition coefficient (Wildman–Crippen LogP) is 1.21. The van der Waals surface area contributed by atoms with Crippen LogP contribution in [0.15, 0.2) is 18.2 Å². The quantitative estimate of drug-likeness (QED) is 0.591. The summed E-state index contributed by atoms with van der Waals surface area (Å²) in [4.78, 5) is 0. The monoisotopic (exact) mass is 332 g/mol. The van der Waals surface area contributed by atoms with Crippen LogP contribution in [0.5, 0.6) is 0 Å². The van der Waals surface area contributed by atoms with Crippen molar-refractivity contribution in [1.82, 2.24) is 9.34 Å². The van der Waals surface area contributed by atoms with Crippen LogP contribution in [0.2, 0.25) is 11.4 Å². The predicted molar refractivity (Wildman–Crippen MR) is 86.8 cm³/mol. The fourth-order valence-electron chi connectivity index (χ4n) is 1.59. The molecule has 0 aliphatic carbocycles. The molecule has 1 rings (SSSR count). The van der Waals surface area contributed by atoms with Crippen LogP contribution in [0.25, 0.3) is 0 Å². The van der Waals surface area contributed by atoms with Gasteiger partial charge in [0.25, 0.3) is 0 Å². The van der Waals surface area contributed by atoms with E-state index < -0.39 is 14.7 Å². The molecule has 0 aliphatic rings. The van der Waals surface area contributed by atoms with E-state index in [1.807, 2.05) is 0 Å². The molecule has 96 valence electrons. The van der Waals surface area contributed by atoms with Gasteiger partial charge in [0.2, 0.25) is 0 Å². The maximum absolute atomic E-state index is 2.43. The Kier molecular flexibility index (Phi) is 6.63. The molecule has 0 bridgehead atoms. The Morgan fingerprint density at radius 1 is 0.941 bits per heavy atom. The van der Waals surface area contributed by atoms with Gasteiger partial charge in [-0.3, -0.25) is 0 Å². The average molecular weight is 332 g/mol. The Bertz CT molecular complexity index is 368. The van der Waals surface area contributed by atoms with Crippen LogP contribution in [-0.2, 0) is 0 Å². The minimum atomic E-state index is -0.801. The molecule has 0 heterocycles. The molecular formula is C12H23AsN2P2. The standard InChI is InChI=1S/C12H23AsN2P2/c1-13(2)10-8-7-9-11(16-14(3)4)12(10)17-15(5)6/h7-9,16-17H,1-6H3. The number of rotatable bonds is 5. The summed E-state index contributed by atoms with van der Waals surface area (Å²) in [5.41, 5.74) is 4.85. The molecule has 2 unspecified atom stereocenters. The van der Waals surface area contributed by atoms with Crippen molar-refractivity contribution >= 4 is 47.1 Å². The van der Waals surface area contributed by atoms with Crippen LogP contribution < -0.4 is 15.0 Å². The van der Waals surface area contributed by atoms with Crippen LogP contribution in [0, 0.1) is 0 Å². The first-order valence-corrected chi connectivity index (χ1v) is 12.2. The summed E-state index contributed by atoms with van der Waals surface area (Å²) in [6.07, 6.45) is 0. The molecule has 0 fully saturated rings. The molecule has 0 aliphatic heterocycles. The van der Waals surface area contributed by atoms with Gasteiger partial charge in [-0.05, 0) is 0 Å². The third-order valence-corrected chi connectivity index (χ3v) is 8.03. The molecular weight excluding hydrogens is 309 g/mol. The second kappa shape index (κ2) is 7.22. The van der Waals surface area contributed by atoms with Crippen molar-refractivity contribution in [3.05, 3.63) is 18.2 Å². The zero-order valence-corrected chi connectivity index (χ0v) is 15.5. The van der Waals surface area contributed by atoms with E-state index in [2.05, 4.69) is 67.2 Å². The van der Waals surface area contributed by atoms with Crippen LogP contribution in [0.4, 0.5) is 0 Å². The molecule has 2 nitrogen and oxygen atoms in total. The van der Waals surface area contributed by atoms with Gasteiger partial charge in [0.1, 0.15) is 0 Å². The summed E-state index contributed by atoms with van der Waals surface area (Å²) in [6, 6.07) is 6.88. The third-order valence-electron chi connectivity index (χ3n) is 2.20. The summed E-state index contributed by atoms with van der Waals surface area (Å²) in [6.45, 7) is 0.